The zero-order chi connectivity index (χ0) is 18.4. The minimum Gasteiger partial charge on any atom is -0.466 e. The zero-order valence-corrected chi connectivity index (χ0v) is 15.6. The maximum absolute atomic E-state index is 12.0. The van der Waals surface area contributed by atoms with Crippen molar-refractivity contribution in [2.24, 2.45) is 5.92 Å². The zero-order valence-electron chi connectivity index (χ0n) is 15.6. The van der Waals surface area contributed by atoms with E-state index in [1.54, 1.807) is 25.9 Å². The van der Waals surface area contributed by atoms with Crippen molar-refractivity contribution < 1.29 is 28.4 Å². The van der Waals surface area contributed by atoms with Gasteiger partial charge < -0.3 is 18.8 Å². The van der Waals surface area contributed by atoms with E-state index in [0.717, 1.165) is 0 Å². The van der Waals surface area contributed by atoms with Crippen LogP contribution in [-0.4, -0.2) is 43.5 Å². The molecule has 0 saturated carbocycles. The Morgan fingerprint density at radius 1 is 1.04 bits per heavy atom. The van der Waals surface area contributed by atoms with Crippen molar-refractivity contribution >= 4 is 19.1 Å². The van der Waals surface area contributed by atoms with Crippen LogP contribution in [0.2, 0.25) is 0 Å². The molecule has 1 heterocycles. The summed E-state index contributed by atoms with van der Waals surface area (Å²) in [4.78, 5) is 23.6. The first-order valence-electron chi connectivity index (χ1n) is 8.47. The average Bonchev–Trinajstić information content (AvgIpc) is 2.66. The summed E-state index contributed by atoms with van der Waals surface area (Å²) in [5.41, 5.74) is -0.818. The molecule has 1 fully saturated rings. The number of carbonyl (C=O) groups excluding carboxylic acids is 2. The molecule has 7 heteroatoms. The Bertz CT molecular complexity index is 456. The average molecular weight is 340 g/mol. The van der Waals surface area contributed by atoms with Gasteiger partial charge >= 0.3 is 19.1 Å². The van der Waals surface area contributed by atoms with E-state index in [1.165, 1.54) is 0 Å². The first-order chi connectivity index (χ1) is 11.1. The van der Waals surface area contributed by atoms with Crippen LogP contribution in [0.4, 0.5) is 0 Å². The fourth-order valence-electron chi connectivity index (χ4n) is 2.27. The van der Waals surface area contributed by atoms with Crippen LogP contribution in [-0.2, 0) is 28.4 Å². The van der Waals surface area contributed by atoms with Gasteiger partial charge in [0.1, 0.15) is 0 Å². The molecule has 1 aliphatic rings. The van der Waals surface area contributed by atoms with Crippen molar-refractivity contribution in [3.63, 3.8) is 0 Å². The van der Waals surface area contributed by atoms with E-state index in [1.807, 2.05) is 27.7 Å². The lowest BCUT2D eigenvalue weighted by molar-refractivity contribution is -0.154. The van der Waals surface area contributed by atoms with Crippen LogP contribution >= 0.6 is 0 Å². The Kier molecular flexibility index (Phi) is 7.48. The Balaban J connectivity index is 2.64. The molecule has 24 heavy (non-hydrogen) atoms. The quantitative estimate of drug-likeness (QED) is 0.500. The van der Waals surface area contributed by atoms with Crippen LogP contribution in [0.5, 0.6) is 0 Å². The topological polar surface area (TPSA) is 71.1 Å². The summed E-state index contributed by atoms with van der Waals surface area (Å²) < 4.78 is 21.7. The minimum absolute atomic E-state index is 0.000377. The molecular weight excluding hydrogens is 311 g/mol. The number of ether oxygens (including phenoxy) is 2. The van der Waals surface area contributed by atoms with E-state index in [4.69, 9.17) is 18.8 Å². The van der Waals surface area contributed by atoms with Gasteiger partial charge in [0.2, 0.25) is 0 Å². The third-order valence-corrected chi connectivity index (χ3v) is 4.32. The van der Waals surface area contributed by atoms with Crippen LogP contribution in [0.3, 0.4) is 0 Å². The number of esters is 2. The standard InChI is InChI=1S/C17H29BO6/c1-7-21-14(19)12-13(15(20)22-8-2)10-9-11-18-23-16(3,4)17(5,6)24-18/h9,11,13H,7-8,10,12H2,1-6H3/b11-9-/t13-/m1/s1. The smallest absolute Gasteiger partial charge is 0.466 e. The van der Waals surface area contributed by atoms with Gasteiger partial charge in [0.05, 0.1) is 36.8 Å². The predicted molar refractivity (Wildman–Crippen MR) is 91.2 cm³/mol. The summed E-state index contributed by atoms with van der Waals surface area (Å²) >= 11 is 0. The van der Waals surface area contributed by atoms with Crippen LogP contribution < -0.4 is 0 Å². The summed E-state index contributed by atoms with van der Waals surface area (Å²) in [5, 5.41) is 0. The molecule has 0 aromatic heterocycles. The second-order valence-corrected chi connectivity index (χ2v) is 6.75. The first kappa shape index (κ1) is 20.7. The molecule has 0 amide bonds. The molecule has 0 N–H and O–H groups in total. The highest BCUT2D eigenvalue weighted by molar-refractivity contribution is 6.51. The van der Waals surface area contributed by atoms with Gasteiger partial charge in [0.15, 0.2) is 0 Å². The molecule has 0 unspecified atom stereocenters. The second kappa shape index (κ2) is 8.67. The minimum atomic E-state index is -0.567. The van der Waals surface area contributed by atoms with E-state index in [2.05, 4.69) is 0 Å². The highest BCUT2D eigenvalue weighted by atomic mass is 16.7. The molecule has 0 bridgehead atoms. The number of rotatable bonds is 8. The van der Waals surface area contributed by atoms with Gasteiger partial charge in [-0.1, -0.05) is 12.1 Å². The molecule has 0 aromatic carbocycles. The molecule has 1 atom stereocenters. The highest BCUT2D eigenvalue weighted by Crippen LogP contribution is 2.36. The monoisotopic (exact) mass is 340 g/mol. The number of carbonyl (C=O) groups is 2. The third kappa shape index (κ3) is 5.63. The van der Waals surface area contributed by atoms with Crippen molar-refractivity contribution in [2.45, 2.75) is 65.6 Å². The van der Waals surface area contributed by atoms with Crippen LogP contribution in [0.15, 0.2) is 12.1 Å². The van der Waals surface area contributed by atoms with Crippen molar-refractivity contribution in [3.8, 4) is 0 Å². The molecule has 136 valence electrons. The van der Waals surface area contributed by atoms with E-state index < -0.39 is 36.2 Å². The molecule has 0 aromatic rings. The number of hydrogen-bond acceptors (Lipinski definition) is 6. The summed E-state index contributed by atoms with van der Waals surface area (Å²) in [6.07, 6.45) is 2.16. The Morgan fingerprint density at radius 3 is 2.08 bits per heavy atom. The van der Waals surface area contributed by atoms with Gasteiger partial charge in [-0.05, 0) is 48.0 Å². The highest BCUT2D eigenvalue weighted by Gasteiger charge is 2.50. The predicted octanol–water partition coefficient (Wildman–Crippen LogP) is 2.70. The van der Waals surface area contributed by atoms with E-state index in [-0.39, 0.29) is 19.6 Å². The maximum atomic E-state index is 12.0. The Labute approximate surface area is 145 Å². The summed E-state index contributed by atoms with van der Waals surface area (Å²) in [5.74, 6) is 0.403. The fourth-order valence-corrected chi connectivity index (χ4v) is 2.27. The van der Waals surface area contributed by atoms with E-state index in [0.29, 0.717) is 6.42 Å². The first-order valence-corrected chi connectivity index (χ1v) is 8.47. The van der Waals surface area contributed by atoms with Crippen molar-refractivity contribution in [1.29, 1.82) is 0 Å². The fraction of sp³-hybridized carbons (Fsp3) is 0.765. The molecule has 0 radical (unpaired) electrons. The van der Waals surface area contributed by atoms with Gasteiger partial charge in [-0.2, -0.15) is 0 Å². The normalized spacial score (nSPS) is 20.2. The number of allylic oxidation sites excluding steroid dienone is 1. The molecule has 0 spiro atoms. The summed E-state index contributed by atoms with van der Waals surface area (Å²) in [6, 6.07) is 0. The summed E-state index contributed by atoms with van der Waals surface area (Å²) in [7, 11) is -0.472. The van der Waals surface area contributed by atoms with Crippen LogP contribution in [0, 0.1) is 5.92 Å². The molecular formula is C17H29BO6. The third-order valence-electron chi connectivity index (χ3n) is 4.32. The van der Waals surface area contributed by atoms with Crippen LogP contribution in [0.25, 0.3) is 0 Å². The second-order valence-electron chi connectivity index (χ2n) is 6.75. The van der Waals surface area contributed by atoms with Gasteiger partial charge in [-0.25, -0.2) is 0 Å². The maximum Gasteiger partial charge on any atom is 0.486 e. The molecule has 1 rings (SSSR count). The molecule has 1 aliphatic heterocycles. The molecule has 0 aliphatic carbocycles. The molecule has 1 saturated heterocycles. The van der Waals surface area contributed by atoms with Gasteiger partial charge in [-0.15, -0.1) is 0 Å². The van der Waals surface area contributed by atoms with Crippen molar-refractivity contribution in [1.82, 2.24) is 0 Å². The SMILES string of the molecule is CCOC(=O)C[C@@H](C/C=C\B1OC(C)(C)C(C)(C)O1)C(=O)OCC. The largest absolute Gasteiger partial charge is 0.486 e. The van der Waals surface area contributed by atoms with E-state index >= 15 is 0 Å². The van der Waals surface area contributed by atoms with Gasteiger partial charge in [0, 0.05) is 0 Å². The Morgan fingerprint density at radius 2 is 1.58 bits per heavy atom. The van der Waals surface area contributed by atoms with Gasteiger partial charge in [-0.3, -0.25) is 9.59 Å². The summed E-state index contributed by atoms with van der Waals surface area (Å²) in [6.45, 7) is 11.9. The van der Waals surface area contributed by atoms with E-state index in [9.17, 15) is 9.59 Å². The van der Waals surface area contributed by atoms with Crippen molar-refractivity contribution in [2.75, 3.05) is 13.2 Å². The lowest BCUT2D eigenvalue weighted by Crippen LogP contribution is -2.41. The van der Waals surface area contributed by atoms with Crippen LogP contribution in [0.1, 0.15) is 54.4 Å². The lowest BCUT2D eigenvalue weighted by atomic mass is 9.88. The Hall–Kier alpha value is -1.34. The molecule has 6 nitrogen and oxygen atoms in total. The number of hydrogen-bond donors (Lipinski definition) is 0. The van der Waals surface area contributed by atoms with Gasteiger partial charge in [0.25, 0.3) is 0 Å². The van der Waals surface area contributed by atoms with Crippen molar-refractivity contribution in [3.05, 3.63) is 12.1 Å². The lowest BCUT2D eigenvalue weighted by Gasteiger charge is -2.32.